The van der Waals surface area contributed by atoms with Gasteiger partial charge >= 0.3 is 0 Å². The molecule has 0 N–H and O–H groups in total. The number of carbonyl (C=O) groups is 1. The van der Waals surface area contributed by atoms with E-state index in [-0.39, 0.29) is 12.3 Å². The highest BCUT2D eigenvalue weighted by molar-refractivity contribution is 9.10. The predicted octanol–water partition coefficient (Wildman–Crippen LogP) is 4.10. The molecule has 0 unspecified atom stereocenters. The Morgan fingerprint density at radius 1 is 1.22 bits per heavy atom. The average Bonchev–Trinajstić information content (AvgIpc) is 2.95. The molecule has 0 bridgehead atoms. The van der Waals surface area contributed by atoms with E-state index in [9.17, 15) is 4.79 Å². The number of rotatable bonds is 6. The van der Waals surface area contributed by atoms with E-state index >= 15 is 0 Å². The fraction of sp³-hybridized carbons (Fsp3) is 0.300. The Morgan fingerprint density at radius 3 is 2.74 bits per heavy atom. The van der Waals surface area contributed by atoms with E-state index in [1.165, 1.54) is 11.3 Å². The zero-order valence-corrected chi connectivity index (χ0v) is 17.9. The summed E-state index contributed by atoms with van der Waals surface area (Å²) in [4.78, 5) is 17.6. The van der Waals surface area contributed by atoms with Gasteiger partial charge in [0.1, 0.15) is 5.75 Å². The summed E-state index contributed by atoms with van der Waals surface area (Å²) in [5.41, 5.74) is 2.98. The fourth-order valence-electron chi connectivity index (χ4n) is 2.90. The lowest BCUT2D eigenvalue weighted by Crippen LogP contribution is -2.19. The molecule has 0 radical (unpaired) electrons. The van der Waals surface area contributed by atoms with Crippen LogP contribution in [0.25, 0.3) is 10.2 Å². The zero-order chi connectivity index (χ0) is 19.4. The zero-order valence-electron chi connectivity index (χ0n) is 15.5. The number of nitrogens with zero attached hydrogens (tertiary/aromatic N) is 2. The largest absolute Gasteiger partial charge is 0.496 e. The Hall–Kier alpha value is -1.96. The number of aryl methyl sites for hydroxylation is 1. The van der Waals surface area contributed by atoms with Crippen LogP contribution in [0.4, 0.5) is 0 Å². The molecule has 3 aromatic rings. The van der Waals surface area contributed by atoms with Crippen molar-refractivity contribution < 1.29 is 14.3 Å². The van der Waals surface area contributed by atoms with E-state index in [2.05, 4.69) is 20.9 Å². The molecular formula is C20H21BrN2O3S. The van der Waals surface area contributed by atoms with Crippen LogP contribution in [0.5, 0.6) is 5.75 Å². The van der Waals surface area contributed by atoms with Gasteiger partial charge in [0.15, 0.2) is 4.80 Å². The number of halogens is 1. The molecule has 2 aromatic carbocycles. The van der Waals surface area contributed by atoms with Crippen molar-refractivity contribution in [3.8, 4) is 5.75 Å². The highest BCUT2D eigenvalue weighted by Gasteiger charge is 2.10. The lowest BCUT2D eigenvalue weighted by Gasteiger charge is -2.06. The first-order valence-electron chi connectivity index (χ1n) is 8.50. The molecule has 1 heterocycles. The van der Waals surface area contributed by atoms with Gasteiger partial charge in [-0.25, -0.2) is 0 Å². The number of methoxy groups -OCH3 is 2. The van der Waals surface area contributed by atoms with Gasteiger partial charge in [0.25, 0.3) is 5.91 Å². The maximum atomic E-state index is 12.6. The van der Waals surface area contributed by atoms with Crippen molar-refractivity contribution in [3.05, 3.63) is 56.8 Å². The van der Waals surface area contributed by atoms with E-state index in [1.807, 2.05) is 47.9 Å². The Kier molecular flexibility index (Phi) is 6.46. The van der Waals surface area contributed by atoms with Crippen LogP contribution in [0.15, 0.2) is 45.9 Å². The van der Waals surface area contributed by atoms with Crippen molar-refractivity contribution >= 4 is 43.4 Å². The van der Waals surface area contributed by atoms with Crippen LogP contribution in [0.2, 0.25) is 0 Å². The SMILES string of the molecule is COCCn1c(=NC(=O)Cc2ccc(OC)c(C)c2)sc2cc(Br)ccc21. The van der Waals surface area contributed by atoms with Gasteiger partial charge in [-0.15, -0.1) is 0 Å². The minimum Gasteiger partial charge on any atom is -0.496 e. The third kappa shape index (κ3) is 4.66. The summed E-state index contributed by atoms with van der Waals surface area (Å²) >= 11 is 5.00. The van der Waals surface area contributed by atoms with E-state index in [1.54, 1.807) is 14.2 Å². The van der Waals surface area contributed by atoms with Crippen molar-refractivity contribution in [2.45, 2.75) is 19.9 Å². The summed E-state index contributed by atoms with van der Waals surface area (Å²) in [6.45, 7) is 3.17. The number of ether oxygens (including phenoxy) is 2. The fourth-order valence-corrected chi connectivity index (χ4v) is 4.53. The average molecular weight is 449 g/mol. The van der Waals surface area contributed by atoms with Gasteiger partial charge in [-0.05, 0) is 42.3 Å². The summed E-state index contributed by atoms with van der Waals surface area (Å²) < 4.78 is 14.6. The second-order valence-corrected chi connectivity index (χ2v) is 8.05. The highest BCUT2D eigenvalue weighted by Crippen LogP contribution is 2.22. The Labute approximate surface area is 170 Å². The summed E-state index contributed by atoms with van der Waals surface area (Å²) in [7, 11) is 3.31. The van der Waals surface area contributed by atoms with Crippen LogP contribution in [0, 0.1) is 6.92 Å². The van der Waals surface area contributed by atoms with Gasteiger partial charge in [0.05, 0.1) is 30.4 Å². The van der Waals surface area contributed by atoms with Crippen molar-refractivity contribution in [2.75, 3.05) is 20.8 Å². The number of amides is 1. The van der Waals surface area contributed by atoms with Gasteiger partial charge in [-0.2, -0.15) is 4.99 Å². The first-order valence-corrected chi connectivity index (χ1v) is 10.1. The molecule has 1 aromatic heterocycles. The topological polar surface area (TPSA) is 52.8 Å². The molecular weight excluding hydrogens is 428 g/mol. The predicted molar refractivity (Wildman–Crippen MR) is 111 cm³/mol. The molecule has 0 spiro atoms. The molecule has 0 saturated heterocycles. The van der Waals surface area contributed by atoms with Crippen LogP contribution in [-0.2, 0) is 22.5 Å². The van der Waals surface area contributed by atoms with Crippen LogP contribution in [-0.4, -0.2) is 31.3 Å². The van der Waals surface area contributed by atoms with Crippen LogP contribution < -0.4 is 9.54 Å². The number of fused-ring (bicyclic) bond motifs is 1. The quantitative estimate of drug-likeness (QED) is 0.570. The van der Waals surface area contributed by atoms with Crippen LogP contribution in [0.1, 0.15) is 11.1 Å². The Bertz CT molecular complexity index is 1040. The second-order valence-electron chi connectivity index (χ2n) is 6.13. The summed E-state index contributed by atoms with van der Waals surface area (Å²) in [6, 6.07) is 11.8. The Balaban J connectivity index is 1.93. The molecule has 0 aliphatic carbocycles. The molecule has 7 heteroatoms. The number of carbonyl (C=O) groups excluding carboxylic acids is 1. The lowest BCUT2D eigenvalue weighted by molar-refractivity contribution is -0.117. The van der Waals surface area contributed by atoms with Crippen molar-refractivity contribution in [1.29, 1.82) is 0 Å². The highest BCUT2D eigenvalue weighted by atomic mass is 79.9. The third-order valence-corrected chi connectivity index (χ3v) is 5.73. The van der Waals surface area contributed by atoms with Crippen molar-refractivity contribution in [3.63, 3.8) is 0 Å². The summed E-state index contributed by atoms with van der Waals surface area (Å²) in [6.07, 6.45) is 0.257. The maximum Gasteiger partial charge on any atom is 0.252 e. The standard InChI is InChI=1S/C20H21BrN2O3S/c1-13-10-14(4-7-17(13)26-3)11-19(24)22-20-23(8-9-25-2)16-6-5-15(21)12-18(16)27-20/h4-7,10,12H,8-9,11H2,1-3H3. The minimum absolute atomic E-state index is 0.170. The molecule has 0 aliphatic rings. The van der Waals surface area contributed by atoms with Gasteiger partial charge in [0.2, 0.25) is 0 Å². The number of aromatic nitrogens is 1. The third-order valence-electron chi connectivity index (χ3n) is 4.20. The molecule has 27 heavy (non-hydrogen) atoms. The molecule has 0 atom stereocenters. The first-order chi connectivity index (χ1) is 13.0. The summed E-state index contributed by atoms with van der Waals surface area (Å²) in [5, 5.41) is 0. The molecule has 0 fully saturated rings. The monoisotopic (exact) mass is 448 g/mol. The number of hydrogen-bond acceptors (Lipinski definition) is 4. The lowest BCUT2D eigenvalue weighted by atomic mass is 10.1. The van der Waals surface area contributed by atoms with Gasteiger partial charge in [-0.3, -0.25) is 4.79 Å². The Morgan fingerprint density at radius 2 is 2.04 bits per heavy atom. The van der Waals surface area contributed by atoms with Gasteiger partial charge in [-0.1, -0.05) is 39.4 Å². The molecule has 0 aliphatic heterocycles. The number of thiazole rings is 1. The molecule has 5 nitrogen and oxygen atoms in total. The van der Waals surface area contributed by atoms with E-state index in [4.69, 9.17) is 9.47 Å². The molecule has 1 amide bonds. The van der Waals surface area contributed by atoms with Crippen LogP contribution >= 0.6 is 27.3 Å². The van der Waals surface area contributed by atoms with Gasteiger partial charge in [0, 0.05) is 18.1 Å². The van der Waals surface area contributed by atoms with E-state index in [0.29, 0.717) is 18.0 Å². The first kappa shape index (κ1) is 19.8. The van der Waals surface area contributed by atoms with E-state index < -0.39 is 0 Å². The van der Waals surface area contributed by atoms with Crippen molar-refractivity contribution in [2.24, 2.45) is 4.99 Å². The number of benzene rings is 2. The van der Waals surface area contributed by atoms with Crippen molar-refractivity contribution in [1.82, 2.24) is 4.57 Å². The molecule has 0 saturated carbocycles. The normalized spacial score (nSPS) is 11.9. The second kappa shape index (κ2) is 8.82. The van der Waals surface area contributed by atoms with Gasteiger partial charge < -0.3 is 14.0 Å². The molecule has 142 valence electrons. The molecule has 3 rings (SSSR count). The number of hydrogen-bond donors (Lipinski definition) is 0. The maximum absolute atomic E-state index is 12.6. The van der Waals surface area contributed by atoms with E-state index in [0.717, 1.165) is 31.6 Å². The minimum atomic E-state index is -0.170. The smallest absolute Gasteiger partial charge is 0.252 e. The summed E-state index contributed by atoms with van der Waals surface area (Å²) in [5.74, 6) is 0.645. The van der Waals surface area contributed by atoms with Crippen LogP contribution in [0.3, 0.4) is 0 Å².